The second-order valence-electron chi connectivity index (χ2n) is 17.0. The SMILES string of the molecule is C/C=C(\C)C(=O)OC[C@]1(O)[C@H]2C[C@H]2[C@]2(C)[C@@H]3CC4C5[C@H](C(C(C)C(=O)OC)C(=O)[C@H](O)[C@@]5(C)[C@@H]5C[C@H]45)[C@@]34OC(=O)C(COC(C)=O)=C4C[C@@H]12. The Morgan fingerprint density at radius 3 is 2.35 bits per heavy atom. The van der Waals surface area contributed by atoms with E-state index < -0.39 is 81.5 Å². The van der Waals surface area contributed by atoms with Crippen LogP contribution in [0.3, 0.4) is 0 Å². The van der Waals surface area contributed by atoms with Gasteiger partial charge < -0.3 is 29.2 Å². The van der Waals surface area contributed by atoms with Gasteiger partial charge in [0.15, 0.2) is 5.78 Å². The molecule has 8 rings (SSSR count). The number of hydrogen-bond acceptors (Lipinski definition) is 11. The van der Waals surface area contributed by atoms with E-state index in [0.717, 1.165) is 12.8 Å². The first-order chi connectivity index (χ1) is 23.0. The summed E-state index contributed by atoms with van der Waals surface area (Å²) in [5.41, 5.74) is -2.77. The minimum Gasteiger partial charge on any atom is -0.469 e. The fourth-order valence-electron chi connectivity index (χ4n) is 13.4. The molecule has 11 nitrogen and oxygen atoms in total. The lowest BCUT2D eigenvalue weighted by Crippen LogP contribution is -2.73. The summed E-state index contributed by atoms with van der Waals surface area (Å²) in [6.07, 6.45) is 2.91. The number of aliphatic hydroxyl groups excluding tert-OH is 1. The summed E-state index contributed by atoms with van der Waals surface area (Å²) in [4.78, 5) is 67.0. The quantitative estimate of drug-likeness (QED) is 0.231. The van der Waals surface area contributed by atoms with Crippen molar-refractivity contribution in [3.8, 4) is 0 Å². The third kappa shape index (κ3) is 3.84. The first-order valence-electron chi connectivity index (χ1n) is 18.0. The zero-order chi connectivity index (χ0) is 35.3. The number of rotatable bonds is 7. The molecule has 7 aliphatic carbocycles. The molecule has 8 aliphatic rings. The largest absolute Gasteiger partial charge is 0.469 e. The van der Waals surface area contributed by atoms with Crippen molar-refractivity contribution < 1.29 is 53.1 Å². The van der Waals surface area contributed by atoms with Gasteiger partial charge in [0.25, 0.3) is 0 Å². The lowest BCUT2D eigenvalue weighted by Gasteiger charge is -2.67. The van der Waals surface area contributed by atoms with Crippen molar-refractivity contribution >= 4 is 29.7 Å². The average molecular weight is 681 g/mol. The van der Waals surface area contributed by atoms with Gasteiger partial charge >= 0.3 is 23.9 Å². The van der Waals surface area contributed by atoms with Crippen molar-refractivity contribution in [2.75, 3.05) is 20.3 Å². The van der Waals surface area contributed by atoms with E-state index in [1.54, 1.807) is 26.8 Å². The topological polar surface area (TPSA) is 163 Å². The van der Waals surface area contributed by atoms with Crippen LogP contribution < -0.4 is 0 Å². The van der Waals surface area contributed by atoms with Crippen molar-refractivity contribution in [1.29, 1.82) is 0 Å². The maximum absolute atomic E-state index is 14.6. The smallest absolute Gasteiger partial charge is 0.338 e. The molecule has 1 heterocycles. The number of allylic oxidation sites excluding steroid dienone is 1. The monoisotopic (exact) mass is 680 g/mol. The first-order valence-corrected chi connectivity index (χ1v) is 18.0. The Balaban J connectivity index is 1.33. The lowest BCUT2D eigenvalue weighted by atomic mass is 9.37. The molecule has 2 N–H and O–H groups in total. The summed E-state index contributed by atoms with van der Waals surface area (Å²) in [6.45, 7) is 10.0. The zero-order valence-electron chi connectivity index (χ0n) is 29.3. The van der Waals surface area contributed by atoms with Crippen molar-refractivity contribution in [3.05, 3.63) is 22.8 Å². The van der Waals surface area contributed by atoms with Crippen LogP contribution in [-0.4, -0.2) is 77.5 Å². The van der Waals surface area contributed by atoms with E-state index in [2.05, 4.69) is 6.92 Å². The van der Waals surface area contributed by atoms with Gasteiger partial charge in [-0.15, -0.1) is 0 Å². The van der Waals surface area contributed by atoms with Gasteiger partial charge in [-0.1, -0.05) is 26.8 Å². The van der Waals surface area contributed by atoms with Crippen LogP contribution >= 0.6 is 0 Å². The van der Waals surface area contributed by atoms with Crippen LogP contribution in [0.1, 0.15) is 67.2 Å². The molecule has 11 heteroatoms. The minimum absolute atomic E-state index is 0.0596. The van der Waals surface area contributed by atoms with Crippen molar-refractivity contribution in [2.45, 2.75) is 84.5 Å². The van der Waals surface area contributed by atoms with Crippen LogP contribution in [-0.2, 0) is 42.9 Å². The molecule has 7 fully saturated rings. The molecule has 266 valence electrons. The van der Waals surface area contributed by atoms with E-state index in [9.17, 15) is 34.2 Å². The van der Waals surface area contributed by atoms with E-state index in [0.29, 0.717) is 23.5 Å². The molecular formula is C38H48O11. The van der Waals surface area contributed by atoms with Crippen LogP contribution in [0.15, 0.2) is 22.8 Å². The Hall–Kier alpha value is -3.05. The van der Waals surface area contributed by atoms with Crippen LogP contribution in [0, 0.1) is 75.9 Å². The number of methoxy groups -OCH3 is 1. The van der Waals surface area contributed by atoms with E-state index in [4.69, 9.17) is 18.9 Å². The maximum Gasteiger partial charge on any atom is 0.338 e. The minimum atomic E-state index is -1.37. The molecule has 0 aromatic carbocycles. The second-order valence-corrected chi connectivity index (χ2v) is 17.0. The van der Waals surface area contributed by atoms with Gasteiger partial charge in [-0.2, -0.15) is 0 Å². The van der Waals surface area contributed by atoms with Gasteiger partial charge in [0.05, 0.1) is 18.6 Å². The molecule has 0 aromatic rings. The third-order valence-electron chi connectivity index (χ3n) is 15.7. The Kier molecular flexibility index (Phi) is 6.94. The summed E-state index contributed by atoms with van der Waals surface area (Å²) < 4.78 is 23.2. The summed E-state index contributed by atoms with van der Waals surface area (Å²) in [5.74, 6) is -5.72. The van der Waals surface area contributed by atoms with Crippen LogP contribution in [0.5, 0.6) is 0 Å². The molecule has 4 unspecified atom stereocenters. The molecule has 0 bridgehead atoms. The molecule has 0 amide bonds. The molecule has 0 aromatic heterocycles. The molecule has 1 spiro atoms. The highest BCUT2D eigenvalue weighted by Gasteiger charge is 2.86. The molecule has 1 aliphatic heterocycles. The summed E-state index contributed by atoms with van der Waals surface area (Å²) >= 11 is 0. The zero-order valence-corrected chi connectivity index (χ0v) is 29.3. The number of ketones is 1. The predicted octanol–water partition coefficient (Wildman–Crippen LogP) is 2.95. The van der Waals surface area contributed by atoms with Gasteiger partial charge in [-0.05, 0) is 86.0 Å². The predicted molar refractivity (Wildman–Crippen MR) is 170 cm³/mol. The second kappa shape index (κ2) is 10.3. The maximum atomic E-state index is 14.6. The Morgan fingerprint density at radius 2 is 1.69 bits per heavy atom. The average Bonchev–Trinajstić information content (AvgIpc) is 3.98. The van der Waals surface area contributed by atoms with Crippen molar-refractivity contribution in [2.24, 2.45) is 75.9 Å². The van der Waals surface area contributed by atoms with Gasteiger partial charge in [-0.3, -0.25) is 14.4 Å². The fraction of sp³-hybridized carbons (Fsp3) is 0.763. The fourth-order valence-corrected chi connectivity index (χ4v) is 13.4. The standard InChI is InChI=1S/C38H48O11/c1-8-15(2)32(42)48-14-37(45)24-11-23(24)35(5)25(37)12-22-20(13-47-17(4)39)34(44)49-38(22)26(35)10-19-18-9-21(18)36(6)28(19)29(38)27(30(40)31(36)41)16(3)33(43)46-7/h8,16,18-19,21,23-29,31,41,45H,9-14H2,1-7H3/b15-8+/t16?,18-,19?,21-,23-,24+,25-,26+,27?,28?,29+,31+,35+,36+,37+,38+/m1/s1. The summed E-state index contributed by atoms with van der Waals surface area (Å²) in [5, 5.41) is 24.5. The Bertz CT molecular complexity index is 1640. The van der Waals surface area contributed by atoms with Crippen LogP contribution in [0.4, 0.5) is 0 Å². The number of aliphatic hydroxyl groups is 2. The van der Waals surface area contributed by atoms with Gasteiger partial charge in [0.1, 0.15) is 30.5 Å². The molecule has 7 saturated carbocycles. The van der Waals surface area contributed by atoms with E-state index in [-0.39, 0.29) is 60.7 Å². The Labute approximate surface area is 286 Å². The number of hydrogen-bond donors (Lipinski definition) is 2. The number of carbonyl (C=O) groups excluding carboxylic acids is 5. The third-order valence-corrected chi connectivity index (χ3v) is 15.7. The number of carbonyl (C=O) groups is 5. The molecule has 0 radical (unpaired) electrons. The number of ether oxygens (including phenoxy) is 4. The van der Waals surface area contributed by atoms with Crippen LogP contribution in [0.2, 0.25) is 0 Å². The Morgan fingerprint density at radius 1 is 0.980 bits per heavy atom. The highest BCUT2D eigenvalue weighted by molar-refractivity contribution is 5.96. The van der Waals surface area contributed by atoms with Gasteiger partial charge in [0.2, 0.25) is 0 Å². The van der Waals surface area contributed by atoms with Crippen LogP contribution in [0.25, 0.3) is 0 Å². The van der Waals surface area contributed by atoms with Crippen molar-refractivity contribution in [1.82, 2.24) is 0 Å². The summed E-state index contributed by atoms with van der Waals surface area (Å²) in [6, 6.07) is 0. The van der Waals surface area contributed by atoms with E-state index in [1.807, 2.05) is 6.92 Å². The molecule has 0 saturated heterocycles. The molecule has 49 heavy (non-hydrogen) atoms. The van der Waals surface area contributed by atoms with Gasteiger partial charge in [0, 0.05) is 41.6 Å². The first kappa shape index (κ1) is 33.1. The molecule has 16 atom stereocenters. The molecular weight excluding hydrogens is 632 g/mol. The van der Waals surface area contributed by atoms with E-state index >= 15 is 0 Å². The highest BCUT2D eigenvalue weighted by Crippen LogP contribution is 2.84. The number of Topliss-reactive ketones (excluding diaryl/α,β-unsaturated/α-hetero) is 1. The normalized spacial score (nSPS) is 50.1. The van der Waals surface area contributed by atoms with Gasteiger partial charge in [-0.25, -0.2) is 9.59 Å². The number of fused-ring (bicyclic) bond motifs is 7. The van der Waals surface area contributed by atoms with Crippen molar-refractivity contribution in [3.63, 3.8) is 0 Å². The lowest BCUT2D eigenvalue weighted by molar-refractivity contribution is -0.247. The van der Waals surface area contributed by atoms with E-state index in [1.165, 1.54) is 14.0 Å². The highest BCUT2D eigenvalue weighted by atomic mass is 16.6. The number of esters is 4. The summed E-state index contributed by atoms with van der Waals surface area (Å²) in [7, 11) is 1.28.